The Morgan fingerprint density at radius 1 is 1.86 bits per heavy atom. The van der Waals surface area contributed by atoms with E-state index < -0.39 is 6.03 Å². The topological polar surface area (TPSA) is 86.9 Å². The van der Waals surface area contributed by atoms with Crippen molar-refractivity contribution in [3.63, 3.8) is 0 Å². The Kier molecular flexibility index (Phi) is 6.88. The molecule has 0 aromatic heterocycles. The quantitative estimate of drug-likeness (QED) is 0.406. The standard InChI is InChI=1S/C3H6N2O.H2O/c1-2-5-3(4)6;/h2H,1H3,(H2,4,6);1H2/b5-2+;. The highest BCUT2D eigenvalue weighted by molar-refractivity contribution is 5.81. The van der Waals surface area contributed by atoms with E-state index in [1.54, 1.807) is 6.92 Å². The Morgan fingerprint density at radius 2 is 2.29 bits per heavy atom. The maximum absolute atomic E-state index is 9.62. The largest absolute Gasteiger partial charge is 0.412 e. The minimum absolute atomic E-state index is 0. The molecule has 0 aliphatic heterocycles. The number of carbonyl (C=O) groups excluding carboxylic acids is 1. The number of nitrogens with zero attached hydrogens (tertiary/aromatic N) is 1. The molecule has 0 atom stereocenters. The van der Waals surface area contributed by atoms with Crippen LogP contribution in [0.2, 0.25) is 0 Å². The summed E-state index contributed by atoms with van der Waals surface area (Å²) in [6, 6.07) is -0.641. The lowest BCUT2D eigenvalue weighted by Crippen LogP contribution is -2.02. The van der Waals surface area contributed by atoms with Gasteiger partial charge in [0.15, 0.2) is 0 Å². The lowest BCUT2D eigenvalue weighted by Gasteiger charge is -1.70. The lowest BCUT2D eigenvalue weighted by atomic mass is 10.9. The van der Waals surface area contributed by atoms with Crippen LogP contribution in [0.5, 0.6) is 0 Å². The third kappa shape index (κ3) is 11.1. The van der Waals surface area contributed by atoms with Crippen molar-refractivity contribution in [1.82, 2.24) is 0 Å². The number of aliphatic imine (C=N–C) groups is 1. The van der Waals surface area contributed by atoms with Gasteiger partial charge in [-0.15, -0.1) is 0 Å². The van der Waals surface area contributed by atoms with Crippen molar-refractivity contribution in [2.75, 3.05) is 0 Å². The summed E-state index contributed by atoms with van der Waals surface area (Å²) in [5.41, 5.74) is 4.57. The molecule has 0 aromatic rings. The molecule has 42 valence electrons. The first-order valence-electron chi connectivity index (χ1n) is 1.55. The van der Waals surface area contributed by atoms with E-state index in [1.165, 1.54) is 6.21 Å². The minimum Gasteiger partial charge on any atom is -0.412 e. The molecule has 0 saturated heterocycles. The van der Waals surface area contributed by atoms with Gasteiger partial charge in [0.05, 0.1) is 0 Å². The molecule has 0 heterocycles. The summed E-state index contributed by atoms with van der Waals surface area (Å²) >= 11 is 0. The van der Waals surface area contributed by atoms with Gasteiger partial charge in [-0.1, -0.05) is 0 Å². The highest BCUT2D eigenvalue weighted by Crippen LogP contribution is 1.59. The Hall–Kier alpha value is -0.900. The van der Waals surface area contributed by atoms with Crippen molar-refractivity contribution >= 4 is 12.2 Å². The molecule has 0 aliphatic rings. The summed E-state index contributed by atoms with van der Waals surface area (Å²) in [5.74, 6) is 0. The molecule has 0 aromatic carbocycles. The number of amides is 2. The van der Waals surface area contributed by atoms with E-state index in [-0.39, 0.29) is 5.48 Å². The highest BCUT2D eigenvalue weighted by Gasteiger charge is 1.74. The molecule has 7 heavy (non-hydrogen) atoms. The fraction of sp³-hybridized carbons (Fsp3) is 0.333. The monoisotopic (exact) mass is 104 g/mol. The summed E-state index contributed by atoms with van der Waals surface area (Å²) in [4.78, 5) is 12.8. The van der Waals surface area contributed by atoms with Crippen LogP contribution >= 0.6 is 0 Å². The van der Waals surface area contributed by atoms with E-state index in [4.69, 9.17) is 0 Å². The third-order valence-electron chi connectivity index (χ3n) is 0.256. The second kappa shape index (κ2) is 5.10. The van der Waals surface area contributed by atoms with E-state index in [1.807, 2.05) is 0 Å². The van der Waals surface area contributed by atoms with Crippen LogP contribution in [-0.2, 0) is 0 Å². The van der Waals surface area contributed by atoms with Gasteiger partial charge in [0.1, 0.15) is 0 Å². The summed E-state index contributed by atoms with van der Waals surface area (Å²) in [6.07, 6.45) is 1.35. The van der Waals surface area contributed by atoms with Crippen molar-refractivity contribution in [2.45, 2.75) is 6.92 Å². The number of hydrogen-bond acceptors (Lipinski definition) is 1. The van der Waals surface area contributed by atoms with E-state index >= 15 is 0 Å². The van der Waals surface area contributed by atoms with Crippen molar-refractivity contribution in [2.24, 2.45) is 10.7 Å². The average Bonchev–Trinajstić information content (AvgIpc) is 1.35. The summed E-state index contributed by atoms with van der Waals surface area (Å²) in [7, 11) is 0. The van der Waals surface area contributed by atoms with Crippen LogP contribution in [0.3, 0.4) is 0 Å². The van der Waals surface area contributed by atoms with Gasteiger partial charge in [-0.3, -0.25) is 0 Å². The SMILES string of the molecule is C/C=N/C(N)=O.O. The van der Waals surface area contributed by atoms with Crippen LogP contribution in [-0.4, -0.2) is 17.7 Å². The van der Waals surface area contributed by atoms with Gasteiger partial charge in [0.2, 0.25) is 0 Å². The van der Waals surface area contributed by atoms with Crippen molar-refractivity contribution < 1.29 is 10.3 Å². The molecule has 0 saturated carbocycles. The zero-order valence-corrected chi connectivity index (χ0v) is 4.01. The number of carbonyl (C=O) groups is 1. The predicted octanol–water partition coefficient (Wildman–Crippen LogP) is -0.669. The summed E-state index contributed by atoms with van der Waals surface area (Å²) in [6.45, 7) is 1.63. The van der Waals surface area contributed by atoms with Gasteiger partial charge in [-0.2, -0.15) is 0 Å². The maximum Gasteiger partial charge on any atom is 0.337 e. The highest BCUT2D eigenvalue weighted by atomic mass is 16.2. The second-order valence-electron chi connectivity index (χ2n) is 0.726. The third-order valence-corrected chi connectivity index (χ3v) is 0.256. The van der Waals surface area contributed by atoms with Crippen molar-refractivity contribution in [1.29, 1.82) is 0 Å². The number of nitrogens with two attached hydrogens (primary N) is 1. The first-order chi connectivity index (χ1) is 2.77. The molecule has 4 N–H and O–H groups in total. The maximum atomic E-state index is 9.62. The van der Waals surface area contributed by atoms with Gasteiger partial charge in [0, 0.05) is 6.21 Å². The zero-order valence-electron chi connectivity index (χ0n) is 4.01. The molecule has 4 heteroatoms. The molecule has 0 aliphatic carbocycles. The first-order valence-corrected chi connectivity index (χ1v) is 1.55. The second-order valence-corrected chi connectivity index (χ2v) is 0.726. The van der Waals surface area contributed by atoms with Gasteiger partial charge >= 0.3 is 6.03 Å². The van der Waals surface area contributed by atoms with Gasteiger partial charge in [-0.05, 0) is 6.92 Å². The van der Waals surface area contributed by atoms with Gasteiger partial charge in [0.25, 0.3) is 0 Å². The van der Waals surface area contributed by atoms with Crippen LogP contribution in [0.25, 0.3) is 0 Å². The summed E-state index contributed by atoms with van der Waals surface area (Å²) in [5, 5.41) is 0. The van der Waals surface area contributed by atoms with E-state index in [0.29, 0.717) is 0 Å². The molecule has 0 spiro atoms. The molecule has 0 unspecified atom stereocenters. The molecule has 0 radical (unpaired) electrons. The van der Waals surface area contributed by atoms with Crippen LogP contribution in [0.4, 0.5) is 4.79 Å². The molecule has 4 nitrogen and oxygen atoms in total. The Morgan fingerprint density at radius 3 is 2.29 bits per heavy atom. The van der Waals surface area contributed by atoms with Gasteiger partial charge in [-0.25, -0.2) is 9.79 Å². The number of urea groups is 1. The minimum atomic E-state index is -0.641. The van der Waals surface area contributed by atoms with E-state index in [9.17, 15) is 4.79 Å². The number of primary amides is 1. The smallest absolute Gasteiger partial charge is 0.337 e. The molecule has 0 fully saturated rings. The Labute approximate surface area is 41.3 Å². The predicted molar refractivity (Wildman–Crippen MR) is 27.4 cm³/mol. The van der Waals surface area contributed by atoms with Crippen molar-refractivity contribution in [3.05, 3.63) is 0 Å². The van der Waals surface area contributed by atoms with Crippen LogP contribution < -0.4 is 5.73 Å². The number of hydrogen-bond donors (Lipinski definition) is 1. The van der Waals surface area contributed by atoms with Crippen LogP contribution in [0, 0.1) is 0 Å². The molecule has 0 bridgehead atoms. The van der Waals surface area contributed by atoms with Gasteiger partial charge < -0.3 is 11.2 Å². The molecule has 2 amide bonds. The summed E-state index contributed by atoms with van der Waals surface area (Å²) < 4.78 is 0. The van der Waals surface area contributed by atoms with Crippen molar-refractivity contribution in [3.8, 4) is 0 Å². The van der Waals surface area contributed by atoms with Crippen LogP contribution in [0.15, 0.2) is 4.99 Å². The molecule has 0 rings (SSSR count). The normalized spacial score (nSPS) is 8.14. The van der Waals surface area contributed by atoms with Crippen LogP contribution in [0.1, 0.15) is 6.92 Å². The lowest BCUT2D eigenvalue weighted by molar-refractivity contribution is 0.257. The van der Waals surface area contributed by atoms with E-state index in [2.05, 4.69) is 10.7 Å². The van der Waals surface area contributed by atoms with E-state index in [0.717, 1.165) is 0 Å². The fourth-order valence-electron chi connectivity index (χ4n) is 0.127. The Bertz CT molecular complexity index is 79.0. The Balaban J connectivity index is 0. The zero-order chi connectivity index (χ0) is 4.99. The molecular weight excluding hydrogens is 96.0 g/mol. The fourth-order valence-corrected chi connectivity index (χ4v) is 0.127. The number of rotatable bonds is 0. The average molecular weight is 104 g/mol. The molecular formula is C3H8N2O2. The first kappa shape index (κ1) is 9.44.